The molecule has 0 spiro atoms. The highest BCUT2D eigenvalue weighted by atomic mass is 16.5. The molecule has 116 valence electrons. The molecule has 3 rings (SSSR count). The van der Waals surface area contributed by atoms with Crippen LogP contribution in [0.2, 0.25) is 0 Å². The van der Waals surface area contributed by atoms with Crippen LogP contribution in [0, 0.1) is 0 Å². The van der Waals surface area contributed by atoms with Gasteiger partial charge in [-0.1, -0.05) is 6.07 Å². The fourth-order valence-electron chi connectivity index (χ4n) is 2.67. The number of piperazine rings is 1. The van der Waals surface area contributed by atoms with E-state index in [4.69, 9.17) is 4.74 Å². The monoisotopic (exact) mass is 303 g/mol. The van der Waals surface area contributed by atoms with Crippen molar-refractivity contribution in [1.29, 1.82) is 0 Å². The number of hydrogen-bond donors (Lipinski definition) is 0. The molecule has 2 heterocycles. The summed E-state index contributed by atoms with van der Waals surface area (Å²) in [6, 6.07) is 5.20. The topological polar surface area (TPSA) is 70.2 Å². The lowest BCUT2D eigenvalue weighted by Crippen LogP contribution is -2.48. The average molecular weight is 303 g/mol. The summed E-state index contributed by atoms with van der Waals surface area (Å²) in [6.07, 6.45) is 0.801. The van der Waals surface area contributed by atoms with E-state index in [0.717, 1.165) is 6.41 Å². The molecule has 7 heteroatoms. The van der Waals surface area contributed by atoms with Crippen molar-refractivity contribution in [3.63, 3.8) is 0 Å². The van der Waals surface area contributed by atoms with Crippen molar-refractivity contribution in [2.45, 2.75) is 0 Å². The third-order valence-electron chi connectivity index (χ3n) is 4.05. The maximum absolute atomic E-state index is 12.7. The molecule has 0 atom stereocenters. The molecule has 2 aliphatic rings. The summed E-state index contributed by atoms with van der Waals surface area (Å²) in [6.45, 7) is 1.99. The maximum atomic E-state index is 12.7. The minimum Gasteiger partial charge on any atom is -0.481 e. The highest BCUT2D eigenvalue weighted by molar-refractivity contribution is 6.04. The molecule has 0 aromatic heterocycles. The van der Waals surface area contributed by atoms with Crippen LogP contribution < -0.4 is 9.64 Å². The zero-order valence-electron chi connectivity index (χ0n) is 12.3. The van der Waals surface area contributed by atoms with Crippen LogP contribution in [-0.4, -0.2) is 67.9 Å². The van der Waals surface area contributed by atoms with Crippen LogP contribution in [0.5, 0.6) is 5.75 Å². The van der Waals surface area contributed by atoms with E-state index in [1.165, 1.54) is 4.90 Å². The molecule has 2 aliphatic heterocycles. The first kappa shape index (κ1) is 14.4. The normalized spacial score (nSPS) is 17.9. The van der Waals surface area contributed by atoms with Crippen LogP contribution >= 0.6 is 0 Å². The van der Waals surface area contributed by atoms with Gasteiger partial charge in [0.2, 0.25) is 6.41 Å². The smallest absolute Gasteiger partial charge is 0.264 e. The Balaban J connectivity index is 1.85. The molecule has 1 aromatic rings. The zero-order chi connectivity index (χ0) is 15.7. The van der Waals surface area contributed by atoms with Gasteiger partial charge in [-0.2, -0.15) is 0 Å². The summed E-state index contributed by atoms with van der Waals surface area (Å²) in [5, 5.41) is 0. The minimum absolute atomic E-state index is 0.0628. The number of anilines is 1. The van der Waals surface area contributed by atoms with Crippen molar-refractivity contribution in [2.24, 2.45) is 0 Å². The van der Waals surface area contributed by atoms with Gasteiger partial charge in [-0.15, -0.1) is 0 Å². The molecule has 0 unspecified atom stereocenters. The Labute approximate surface area is 128 Å². The SMILES string of the molecule is CN1C(=O)COc2c(C(=O)N3CCN(C=O)CC3)cccc21. The molecule has 0 saturated carbocycles. The van der Waals surface area contributed by atoms with E-state index in [9.17, 15) is 14.4 Å². The molecule has 0 bridgehead atoms. The van der Waals surface area contributed by atoms with Crippen molar-refractivity contribution in [3.05, 3.63) is 23.8 Å². The van der Waals surface area contributed by atoms with Crippen molar-refractivity contribution < 1.29 is 19.1 Å². The number of carbonyl (C=O) groups excluding carboxylic acids is 3. The summed E-state index contributed by atoms with van der Waals surface area (Å²) in [5.74, 6) is 0.175. The molecule has 3 amide bonds. The standard InChI is InChI=1S/C15H17N3O4/c1-16-12-4-2-3-11(14(12)22-9-13(16)20)15(21)18-7-5-17(10-19)6-8-18/h2-4,10H,5-9H2,1H3. The second-order valence-electron chi connectivity index (χ2n) is 5.33. The highest BCUT2D eigenvalue weighted by Crippen LogP contribution is 2.35. The summed E-state index contributed by atoms with van der Waals surface area (Å²) in [7, 11) is 1.67. The molecule has 1 aromatic carbocycles. The van der Waals surface area contributed by atoms with Crippen LogP contribution in [0.1, 0.15) is 10.4 Å². The molecule has 7 nitrogen and oxygen atoms in total. The van der Waals surface area contributed by atoms with Crippen molar-refractivity contribution in [1.82, 2.24) is 9.80 Å². The molecular formula is C15H17N3O4. The van der Waals surface area contributed by atoms with Gasteiger partial charge >= 0.3 is 0 Å². The molecular weight excluding hydrogens is 286 g/mol. The van der Waals surface area contributed by atoms with Gasteiger partial charge in [0.05, 0.1) is 11.3 Å². The van der Waals surface area contributed by atoms with Gasteiger partial charge in [-0.3, -0.25) is 14.4 Å². The minimum atomic E-state index is -0.142. The number of hydrogen-bond acceptors (Lipinski definition) is 4. The van der Waals surface area contributed by atoms with Crippen LogP contribution in [0.4, 0.5) is 5.69 Å². The lowest BCUT2D eigenvalue weighted by atomic mass is 10.1. The molecule has 0 aliphatic carbocycles. The Morgan fingerprint density at radius 1 is 1.23 bits per heavy atom. The van der Waals surface area contributed by atoms with Crippen LogP contribution in [0.25, 0.3) is 0 Å². The summed E-state index contributed by atoms with van der Waals surface area (Å²) in [4.78, 5) is 39.9. The predicted octanol–water partition coefficient (Wildman–Crippen LogP) is -0.0440. The number of para-hydroxylation sites is 1. The number of benzene rings is 1. The van der Waals surface area contributed by atoms with Gasteiger partial charge < -0.3 is 19.4 Å². The first-order valence-electron chi connectivity index (χ1n) is 7.13. The average Bonchev–Trinajstić information content (AvgIpc) is 2.57. The van der Waals surface area contributed by atoms with Crippen molar-refractivity contribution in [3.8, 4) is 5.75 Å². The quantitative estimate of drug-likeness (QED) is 0.719. The number of carbonyl (C=O) groups is 3. The van der Waals surface area contributed by atoms with Crippen LogP contribution in [0.15, 0.2) is 18.2 Å². The molecule has 0 radical (unpaired) electrons. The van der Waals surface area contributed by atoms with Gasteiger partial charge in [-0.25, -0.2) is 0 Å². The van der Waals surface area contributed by atoms with Gasteiger partial charge in [0.25, 0.3) is 11.8 Å². The fourth-order valence-corrected chi connectivity index (χ4v) is 2.67. The first-order valence-corrected chi connectivity index (χ1v) is 7.13. The Bertz CT molecular complexity index is 623. The van der Waals surface area contributed by atoms with E-state index in [1.54, 1.807) is 35.0 Å². The fraction of sp³-hybridized carbons (Fsp3) is 0.400. The Morgan fingerprint density at radius 2 is 1.95 bits per heavy atom. The number of amides is 3. The number of ether oxygens (including phenoxy) is 1. The zero-order valence-corrected chi connectivity index (χ0v) is 12.3. The summed E-state index contributed by atoms with van der Waals surface area (Å²) < 4.78 is 5.49. The second kappa shape index (κ2) is 5.67. The van der Waals surface area contributed by atoms with E-state index in [2.05, 4.69) is 0 Å². The van der Waals surface area contributed by atoms with Crippen molar-refractivity contribution >= 4 is 23.9 Å². The van der Waals surface area contributed by atoms with Gasteiger partial charge in [0.1, 0.15) is 0 Å². The summed E-state index contributed by atoms with van der Waals surface area (Å²) >= 11 is 0. The first-order chi connectivity index (χ1) is 10.6. The Kier molecular flexibility index (Phi) is 3.70. The maximum Gasteiger partial charge on any atom is 0.264 e. The van der Waals surface area contributed by atoms with Crippen LogP contribution in [0.3, 0.4) is 0 Å². The summed E-state index contributed by atoms with van der Waals surface area (Å²) in [5.41, 5.74) is 1.06. The molecule has 22 heavy (non-hydrogen) atoms. The second-order valence-corrected chi connectivity index (χ2v) is 5.33. The van der Waals surface area contributed by atoms with E-state index in [1.807, 2.05) is 0 Å². The van der Waals surface area contributed by atoms with Crippen molar-refractivity contribution in [2.75, 3.05) is 44.7 Å². The number of fused-ring (bicyclic) bond motifs is 1. The van der Waals surface area contributed by atoms with E-state index >= 15 is 0 Å². The Morgan fingerprint density at radius 3 is 2.64 bits per heavy atom. The van der Waals surface area contributed by atoms with Gasteiger partial charge in [-0.05, 0) is 12.1 Å². The molecule has 1 fully saturated rings. The van der Waals surface area contributed by atoms with E-state index in [-0.39, 0.29) is 18.4 Å². The third-order valence-corrected chi connectivity index (χ3v) is 4.05. The number of rotatable bonds is 2. The lowest BCUT2D eigenvalue weighted by molar-refractivity contribution is -0.121. The number of nitrogens with zero attached hydrogens (tertiary/aromatic N) is 3. The predicted molar refractivity (Wildman–Crippen MR) is 78.9 cm³/mol. The molecule has 0 N–H and O–H groups in total. The Hall–Kier alpha value is -2.57. The largest absolute Gasteiger partial charge is 0.481 e. The van der Waals surface area contributed by atoms with Gasteiger partial charge in [0, 0.05) is 33.2 Å². The lowest BCUT2D eigenvalue weighted by Gasteiger charge is -2.34. The molecule has 1 saturated heterocycles. The van der Waals surface area contributed by atoms with Crippen LogP contribution in [-0.2, 0) is 9.59 Å². The van der Waals surface area contributed by atoms with E-state index in [0.29, 0.717) is 43.2 Å². The third kappa shape index (κ3) is 2.38. The highest BCUT2D eigenvalue weighted by Gasteiger charge is 2.29. The van der Waals surface area contributed by atoms with E-state index < -0.39 is 0 Å². The number of likely N-dealkylation sites (N-methyl/N-ethyl adjacent to an activating group) is 1. The van der Waals surface area contributed by atoms with Gasteiger partial charge in [0.15, 0.2) is 12.4 Å².